The molecule has 0 aliphatic heterocycles. The summed E-state index contributed by atoms with van der Waals surface area (Å²) in [6.45, 7) is 4.75. The Morgan fingerprint density at radius 3 is 2.53 bits per heavy atom. The molecule has 0 aromatic rings. The monoisotopic (exact) mass is 211 g/mol. The number of hydrogen-bond acceptors (Lipinski definition) is 2. The van der Waals surface area contributed by atoms with Crippen LogP contribution in [0.5, 0.6) is 0 Å². The minimum atomic E-state index is 0.298. The van der Waals surface area contributed by atoms with Gasteiger partial charge in [-0.3, -0.25) is 0 Å². The normalized spacial score (nSPS) is 36.4. The molecule has 0 aromatic heterocycles. The van der Waals surface area contributed by atoms with E-state index in [0.717, 1.165) is 18.3 Å². The average molecular weight is 211 g/mol. The molecule has 2 fully saturated rings. The predicted octanol–water partition coefficient (Wildman–Crippen LogP) is 2.17. The maximum Gasteiger partial charge on any atom is 0.0584 e. The van der Waals surface area contributed by atoms with Gasteiger partial charge < -0.3 is 10.4 Å². The van der Waals surface area contributed by atoms with E-state index in [2.05, 4.69) is 19.2 Å². The van der Waals surface area contributed by atoms with Crippen LogP contribution in [0, 0.1) is 17.8 Å². The summed E-state index contributed by atoms with van der Waals surface area (Å²) < 4.78 is 0. The molecule has 2 bridgehead atoms. The van der Waals surface area contributed by atoms with Gasteiger partial charge >= 0.3 is 0 Å². The molecule has 2 rings (SSSR count). The van der Waals surface area contributed by atoms with Crippen molar-refractivity contribution in [1.82, 2.24) is 5.32 Å². The quantitative estimate of drug-likeness (QED) is 0.730. The Kier molecular flexibility index (Phi) is 3.68. The van der Waals surface area contributed by atoms with Crippen molar-refractivity contribution in [3.05, 3.63) is 0 Å². The highest BCUT2D eigenvalue weighted by Gasteiger charge is 2.39. The van der Waals surface area contributed by atoms with Crippen molar-refractivity contribution in [2.45, 2.75) is 58.0 Å². The lowest BCUT2D eigenvalue weighted by Gasteiger charge is -2.28. The zero-order chi connectivity index (χ0) is 10.8. The molecule has 0 radical (unpaired) electrons. The van der Waals surface area contributed by atoms with Crippen molar-refractivity contribution < 1.29 is 5.11 Å². The largest absolute Gasteiger partial charge is 0.395 e. The first-order valence-corrected chi connectivity index (χ1v) is 6.56. The molecule has 2 aliphatic carbocycles. The van der Waals surface area contributed by atoms with Crippen LogP contribution in [0.2, 0.25) is 0 Å². The first-order chi connectivity index (χ1) is 7.19. The van der Waals surface area contributed by atoms with Gasteiger partial charge in [0.25, 0.3) is 0 Å². The van der Waals surface area contributed by atoms with E-state index < -0.39 is 0 Å². The molecule has 0 spiro atoms. The van der Waals surface area contributed by atoms with Crippen LogP contribution in [-0.4, -0.2) is 23.8 Å². The number of hydrogen-bond donors (Lipinski definition) is 2. The molecule has 0 unspecified atom stereocenters. The van der Waals surface area contributed by atoms with Gasteiger partial charge in [0.15, 0.2) is 0 Å². The van der Waals surface area contributed by atoms with Crippen LogP contribution in [0.3, 0.4) is 0 Å². The highest BCUT2D eigenvalue weighted by atomic mass is 16.3. The molecule has 4 atom stereocenters. The van der Waals surface area contributed by atoms with Crippen molar-refractivity contribution in [1.29, 1.82) is 0 Å². The molecule has 2 nitrogen and oxygen atoms in total. The summed E-state index contributed by atoms with van der Waals surface area (Å²) >= 11 is 0. The molecule has 15 heavy (non-hydrogen) atoms. The van der Waals surface area contributed by atoms with Crippen LogP contribution in [0.15, 0.2) is 0 Å². The Hall–Kier alpha value is -0.0800. The molecule has 88 valence electrons. The van der Waals surface area contributed by atoms with Crippen molar-refractivity contribution in [3.63, 3.8) is 0 Å². The summed E-state index contributed by atoms with van der Waals surface area (Å²) in [6.07, 6.45) is 6.78. The van der Waals surface area contributed by atoms with Gasteiger partial charge in [-0.1, -0.05) is 20.3 Å². The van der Waals surface area contributed by atoms with Crippen LogP contribution in [0.25, 0.3) is 0 Å². The van der Waals surface area contributed by atoms with Crippen LogP contribution in [0.4, 0.5) is 0 Å². The Labute approximate surface area is 93.5 Å². The van der Waals surface area contributed by atoms with Crippen molar-refractivity contribution in [2.75, 3.05) is 6.61 Å². The van der Waals surface area contributed by atoms with Gasteiger partial charge in [-0.2, -0.15) is 0 Å². The lowest BCUT2D eigenvalue weighted by atomic mass is 9.93. The van der Waals surface area contributed by atoms with Crippen molar-refractivity contribution >= 4 is 0 Å². The molecule has 2 saturated carbocycles. The standard InChI is InChI=1S/C13H25NO/c1-9(2)5-12(8-15)14-13-7-10-3-4-11(13)6-10/h9-15H,3-8H2,1-2H3/t10-,11-,12-,13-/m0/s1. The summed E-state index contributed by atoms with van der Waals surface area (Å²) in [4.78, 5) is 0. The van der Waals surface area contributed by atoms with Crippen molar-refractivity contribution in [3.8, 4) is 0 Å². The van der Waals surface area contributed by atoms with E-state index in [9.17, 15) is 5.11 Å². The highest BCUT2D eigenvalue weighted by molar-refractivity contribution is 4.95. The summed E-state index contributed by atoms with van der Waals surface area (Å²) in [5, 5.41) is 13.0. The number of rotatable bonds is 5. The van der Waals surface area contributed by atoms with E-state index in [1.54, 1.807) is 0 Å². The molecular formula is C13H25NO. The third-order valence-corrected chi connectivity index (χ3v) is 4.16. The average Bonchev–Trinajstić information content (AvgIpc) is 2.77. The smallest absolute Gasteiger partial charge is 0.0584 e. The van der Waals surface area contributed by atoms with E-state index in [1.165, 1.54) is 25.7 Å². The molecule has 0 aromatic carbocycles. The molecule has 2 heteroatoms. The SMILES string of the molecule is CC(C)C[C@@H](CO)N[C@H]1C[C@H]2CC[C@H]1C2. The second-order valence-electron chi connectivity index (χ2n) is 5.96. The van der Waals surface area contributed by atoms with E-state index in [4.69, 9.17) is 0 Å². The van der Waals surface area contributed by atoms with Gasteiger partial charge in [0.2, 0.25) is 0 Å². The third kappa shape index (κ3) is 2.73. The number of aliphatic hydroxyl groups excluding tert-OH is 1. The topological polar surface area (TPSA) is 32.3 Å². The molecule has 0 heterocycles. The lowest BCUT2D eigenvalue weighted by molar-refractivity contribution is 0.197. The first-order valence-electron chi connectivity index (χ1n) is 6.56. The highest BCUT2D eigenvalue weighted by Crippen LogP contribution is 2.44. The maximum atomic E-state index is 9.34. The van der Waals surface area contributed by atoms with E-state index in [0.29, 0.717) is 24.6 Å². The van der Waals surface area contributed by atoms with E-state index >= 15 is 0 Å². The second kappa shape index (κ2) is 4.84. The van der Waals surface area contributed by atoms with Gasteiger partial charge in [0.05, 0.1) is 6.61 Å². The van der Waals surface area contributed by atoms with Crippen molar-refractivity contribution in [2.24, 2.45) is 17.8 Å². The van der Waals surface area contributed by atoms with Gasteiger partial charge in [-0.15, -0.1) is 0 Å². The third-order valence-electron chi connectivity index (χ3n) is 4.16. The summed E-state index contributed by atoms with van der Waals surface area (Å²) in [5.41, 5.74) is 0. The second-order valence-corrected chi connectivity index (χ2v) is 5.96. The zero-order valence-corrected chi connectivity index (χ0v) is 10.1. The Balaban J connectivity index is 1.79. The minimum Gasteiger partial charge on any atom is -0.395 e. The Morgan fingerprint density at radius 2 is 2.07 bits per heavy atom. The fourth-order valence-electron chi connectivity index (χ4n) is 3.52. The van der Waals surface area contributed by atoms with Crippen LogP contribution < -0.4 is 5.32 Å². The molecule has 0 saturated heterocycles. The number of fused-ring (bicyclic) bond motifs is 2. The summed E-state index contributed by atoms with van der Waals surface area (Å²) in [5.74, 6) is 2.58. The van der Waals surface area contributed by atoms with Crippen LogP contribution >= 0.6 is 0 Å². The van der Waals surface area contributed by atoms with Crippen LogP contribution in [-0.2, 0) is 0 Å². The molecular weight excluding hydrogens is 186 g/mol. The minimum absolute atomic E-state index is 0.298. The molecule has 2 aliphatic rings. The first kappa shape index (κ1) is 11.4. The number of aliphatic hydroxyl groups is 1. The van der Waals surface area contributed by atoms with Gasteiger partial charge in [0, 0.05) is 12.1 Å². The van der Waals surface area contributed by atoms with Gasteiger partial charge in [-0.05, 0) is 43.4 Å². The van der Waals surface area contributed by atoms with E-state index in [-0.39, 0.29) is 0 Å². The molecule has 0 amide bonds. The zero-order valence-electron chi connectivity index (χ0n) is 10.1. The van der Waals surface area contributed by atoms with E-state index in [1.807, 2.05) is 0 Å². The summed E-state index contributed by atoms with van der Waals surface area (Å²) in [6, 6.07) is 1.04. The van der Waals surface area contributed by atoms with Gasteiger partial charge in [-0.25, -0.2) is 0 Å². The predicted molar refractivity (Wildman–Crippen MR) is 62.7 cm³/mol. The fraction of sp³-hybridized carbons (Fsp3) is 1.00. The lowest BCUT2D eigenvalue weighted by Crippen LogP contribution is -2.43. The van der Waals surface area contributed by atoms with Crippen LogP contribution in [0.1, 0.15) is 46.0 Å². The molecule has 2 N–H and O–H groups in total. The Morgan fingerprint density at radius 1 is 1.27 bits per heavy atom. The Bertz CT molecular complexity index is 205. The summed E-state index contributed by atoms with van der Waals surface area (Å²) in [7, 11) is 0. The maximum absolute atomic E-state index is 9.34. The fourth-order valence-corrected chi connectivity index (χ4v) is 3.52. The van der Waals surface area contributed by atoms with Gasteiger partial charge in [0.1, 0.15) is 0 Å². The number of nitrogens with one attached hydrogen (secondary N) is 1.